The molecule has 0 saturated carbocycles. The van der Waals surface area contributed by atoms with Gasteiger partial charge in [0.2, 0.25) is 0 Å². The molecule has 2 amide bonds. The standard InChI is InChI=1S/C31H28F5N5O5/c1-15-17-8-10-22(19(17)7-6-18(15)29(44)46-30(2,3)4)40-28(43)24-12-23(39-26-21(33)14-38-41(24)26)27(42)37-13-16-5-9-20(32)25(11-16)45-31(34,35)36/h5-7,9,11-12,14,22H,8,10,13H2,1-4H3,(H,37,42)(H,40,43)/t22-/m0/s1. The Morgan fingerprint density at radius 1 is 1.02 bits per heavy atom. The Morgan fingerprint density at radius 2 is 1.76 bits per heavy atom. The maximum Gasteiger partial charge on any atom is 0.573 e. The van der Waals surface area contributed by atoms with E-state index in [1.807, 2.05) is 6.92 Å². The second kappa shape index (κ2) is 12.0. The van der Waals surface area contributed by atoms with Crippen molar-refractivity contribution < 1.29 is 45.8 Å². The van der Waals surface area contributed by atoms with Crippen LogP contribution >= 0.6 is 0 Å². The van der Waals surface area contributed by atoms with E-state index in [4.69, 9.17) is 4.74 Å². The van der Waals surface area contributed by atoms with E-state index in [0.717, 1.165) is 51.7 Å². The van der Waals surface area contributed by atoms with Crippen LogP contribution in [-0.2, 0) is 17.7 Å². The topological polar surface area (TPSA) is 124 Å². The first kappa shape index (κ1) is 32.3. The fraction of sp³-hybridized carbons (Fsp3) is 0.323. The number of hydrogen-bond acceptors (Lipinski definition) is 7. The maximum absolute atomic E-state index is 14.6. The number of amides is 2. The lowest BCUT2D eigenvalue weighted by molar-refractivity contribution is -0.275. The molecule has 1 atom stereocenters. The zero-order valence-electron chi connectivity index (χ0n) is 25.0. The number of hydrogen-bond donors (Lipinski definition) is 2. The van der Waals surface area contributed by atoms with E-state index in [1.165, 1.54) is 0 Å². The summed E-state index contributed by atoms with van der Waals surface area (Å²) in [5.41, 5.74) is 1.23. The smallest absolute Gasteiger partial charge is 0.456 e. The zero-order chi connectivity index (χ0) is 33.6. The van der Waals surface area contributed by atoms with Crippen molar-refractivity contribution in [3.05, 3.63) is 93.4 Å². The van der Waals surface area contributed by atoms with Gasteiger partial charge in [-0.2, -0.15) is 5.10 Å². The summed E-state index contributed by atoms with van der Waals surface area (Å²) < 4.78 is 76.2. The highest BCUT2D eigenvalue weighted by Crippen LogP contribution is 2.35. The lowest BCUT2D eigenvalue weighted by Gasteiger charge is -2.21. The highest BCUT2D eigenvalue weighted by molar-refractivity contribution is 5.98. The predicted octanol–water partition coefficient (Wildman–Crippen LogP) is 5.52. The molecule has 2 heterocycles. The fourth-order valence-electron chi connectivity index (χ4n) is 5.16. The van der Waals surface area contributed by atoms with E-state index >= 15 is 0 Å². The molecule has 10 nitrogen and oxygen atoms in total. The highest BCUT2D eigenvalue weighted by Gasteiger charge is 2.33. The molecule has 15 heteroatoms. The number of carbonyl (C=O) groups is 3. The first-order chi connectivity index (χ1) is 21.5. The molecule has 0 aliphatic heterocycles. The van der Waals surface area contributed by atoms with E-state index in [0.29, 0.717) is 18.4 Å². The summed E-state index contributed by atoms with van der Waals surface area (Å²) in [7, 11) is 0. The number of carbonyl (C=O) groups excluding carboxylic acids is 3. The van der Waals surface area contributed by atoms with Gasteiger partial charge < -0.3 is 20.1 Å². The van der Waals surface area contributed by atoms with Crippen LogP contribution in [0.3, 0.4) is 0 Å². The number of benzene rings is 2. The Bertz CT molecular complexity index is 1870. The van der Waals surface area contributed by atoms with Crippen LogP contribution in [0.2, 0.25) is 0 Å². The van der Waals surface area contributed by atoms with Crippen molar-refractivity contribution in [3.63, 3.8) is 0 Å². The van der Waals surface area contributed by atoms with Gasteiger partial charge in [-0.05, 0) is 81.0 Å². The minimum Gasteiger partial charge on any atom is -0.456 e. The molecule has 1 aliphatic carbocycles. The summed E-state index contributed by atoms with van der Waals surface area (Å²) in [6.07, 6.45) is -3.23. The zero-order valence-corrected chi connectivity index (χ0v) is 25.0. The van der Waals surface area contributed by atoms with Crippen LogP contribution in [0.1, 0.15) is 86.8 Å². The maximum atomic E-state index is 14.6. The highest BCUT2D eigenvalue weighted by atomic mass is 19.4. The third kappa shape index (κ3) is 6.92. The molecule has 0 saturated heterocycles. The molecular weight excluding hydrogens is 617 g/mol. The molecule has 0 fully saturated rings. The number of aromatic nitrogens is 3. The van der Waals surface area contributed by atoms with Gasteiger partial charge in [-0.15, -0.1) is 13.2 Å². The van der Waals surface area contributed by atoms with Crippen LogP contribution < -0.4 is 15.4 Å². The van der Waals surface area contributed by atoms with Gasteiger partial charge >= 0.3 is 12.3 Å². The van der Waals surface area contributed by atoms with Gasteiger partial charge in [0.25, 0.3) is 11.8 Å². The largest absolute Gasteiger partial charge is 0.573 e. The van der Waals surface area contributed by atoms with Gasteiger partial charge in [0.15, 0.2) is 23.0 Å². The van der Waals surface area contributed by atoms with Gasteiger partial charge in [0, 0.05) is 12.6 Å². The molecular formula is C31H28F5N5O5. The lowest BCUT2D eigenvalue weighted by Crippen LogP contribution is -2.31. The van der Waals surface area contributed by atoms with Crippen LogP contribution in [0.5, 0.6) is 5.75 Å². The number of esters is 1. The van der Waals surface area contributed by atoms with Gasteiger partial charge in [-0.3, -0.25) is 9.59 Å². The van der Waals surface area contributed by atoms with Crippen LogP contribution in [0.15, 0.2) is 42.6 Å². The van der Waals surface area contributed by atoms with E-state index in [9.17, 15) is 36.3 Å². The van der Waals surface area contributed by atoms with Crippen LogP contribution in [0, 0.1) is 18.6 Å². The minimum atomic E-state index is -5.13. The summed E-state index contributed by atoms with van der Waals surface area (Å²) in [5, 5.41) is 9.16. The number of nitrogens with one attached hydrogen (secondary N) is 2. The molecule has 1 aliphatic rings. The lowest BCUT2D eigenvalue weighted by atomic mass is 9.97. The summed E-state index contributed by atoms with van der Waals surface area (Å²) in [5.74, 6) is -5.29. The average Bonchev–Trinajstić information content (AvgIpc) is 3.54. The predicted molar refractivity (Wildman–Crippen MR) is 152 cm³/mol. The first-order valence-electron chi connectivity index (χ1n) is 14.0. The van der Waals surface area contributed by atoms with Gasteiger partial charge in [-0.1, -0.05) is 12.1 Å². The van der Waals surface area contributed by atoms with E-state index in [2.05, 4.69) is 25.5 Å². The van der Waals surface area contributed by atoms with E-state index in [1.54, 1.807) is 32.9 Å². The monoisotopic (exact) mass is 645 g/mol. The average molecular weight is 646 g/mol. The summed E-state index contributed by atoms with van der Waals surface area (Å²) in [6, 6.07) is 6.67. The molecule has 2 aromatic carbocycles. The molecule has 2 aromatic heterocycles. The van der Waals surface area contributed by atoms with Crippen LogP contribution in [0.25, 0.3) is 5.65 Å². The Labute approximate surface area is 258 Å². The van der Waals surface area contributed by atoms with Crippen molar-refractivity contribution in [2.75, 3.05) is 0 Å². The number of fused-ring (bicyclic) bond motifs is 2. The van der Waals surface area contributed by atoms with Crippen LogP contribution in [-0.4, -0.2) is 44.3 Å². The molecule has 0 spiro atoms. The van der Waals surface area contributed by atoms with Gasteiger partial charge in [0.05, 0.1) is 17.8 Å². The van der Waals surface area contributed by atoms with Crippen molar-refractivity contribution >= 4 is 23.4 Å². The number of nitrogens with zero attached hydrogens (tertiary/aromatic N) is 3. The summed E-state index contributed by atoms with van der Waals surface area (Å²) >= 11 is 0. The van der Waals surface area contributed by atoms with E-state index < -0.39 is 58.8 Å². The SMILES string of the molecule is Cc1c(C(=O)OC(C)(C)C)ccc2c1CC[C@@H]2NC(=O)c1cc(C(=O)NCc2ccc(F)c(OC(F)(F)F)c2)nc2c(F)cnn12. The summed E-state index contributed by atoms with van der Waals surface area (Å²) in [4.78, 5) is 43.2. The van der Waals surface area contributed by atoms with Crippen molar-refractivity contribution in [2.45, 2.75) is 65.1 Å². The van der Waals surface area contributed by atoms with Gasteiger partial charge in [0.1, 0.15) is 17.0 Å². The van der Waals surface area contributed by atoms with E-state index in [-0.39, 0.29) is 23.5 Å². The molecule has 4 aromatic rings. The Hall–Kier alpha value is -5.08. The normalized spacial score (nSPS) is 14.6. The molecule has 0 unspecified atom stereocenters. The Morgan fingerprint density at radius 3 is 2.46 bits per heavy atom. The fourth-order valence-corrected chi connectivity index (χ4v) is 5.16. The summed E-state index contributed by atoms with van der Waals surface area (Å²) in [6.45, 7) is 6.76. The number of ether oxygens (including phenoxy) is 2. The number of halogens is 5. The minimum absolute atomic E-state index is 0.0635. The van der Waals surface area contributed by atoms with Crippen molar-refractivity contribution in [1.82, 2.24) is 25.2 Å². The van der Waals surface area contributed by atoms with Crippen LogP contribution in [0.4, 0.5) is 22.0 Å². The molecule has 46 heavy (non-hydrogen) atoms. The second-order valence-electron chi connectivity index (χ2n) is 11.6. The van der Waals surface area contributed by atoms with Gasteiger partial charge in [-0.25, -0.2) is 23.1 Å². The molecule has 0 bridgehead atoms. The molecule has 242 valence electrons. The quantitative estimate of drug-likeness (QED) is 0.201. The second-order valence-corrected chi connectivity index (χ2v) is 11.6. The molecule has 2 N–H and O–H groups in total. The Kier molecular flexibility index (Phi) is 8.45. The van der Waals surface area contributed by atoms with Crippen molar-refractivity contribution in [1.29, 1.82) is 0 Å². The van der Waals surface area contributed by atoms with Crippen molar-refractivity contribution in [2.24, 2.45) is 0 Å². The molecule has 0 radical (unpaired) electrons. The number of rotatable bonds is 7. The third-order valence-corrected chi connectivity index (χ3v) is 7.19. The number of alkyl halides is 3. The Balaban J connectivity index is 1.36. The molecule has 5 rings (SSSR count). The van der Waals surface area contributed by atoms with Crippen molar-refractivity contribution in [3.8, 4) is 5.75 Å². The third-order valence-electron chi connectivity index (χ3n) is 7.19. The first-order valence-corrected chi connectivity index (χ1v) is 14.0.